The molecule has 0 aromatic carbocycles. The first-order chi connectivity index (χ1) is 8.84. The molecular weight excluding hydrogens is 259 g/mol. The van der Waals surface area contributed by atoms with Crippen molar-refractivity contribution in [2.24, 2.45) is 11.8 Å². The maximum absolute atomic E-state index is 12.5. The van der Waals surface area contributed by atoms with Crippen LogP contribution in [0.4, 0.5) is 13.2 Å². The molecule has 2 N–H and O–H groups in total. The van der Waals surface area contributed by atoms with Crippen molar-refractivity contribution in [3.8, 4) is 0 Å². The van der Waals surface area contributed by atoms with Crippen molar-refractivity contribution in [2.45, 2.75) is 57.7 Å². The van der Waals surface area contributed by atoms with Gasteiger partial charge >= 0.3 is 6.18 Å². The van der Waals surface area contributed by atoms with Crippen LogP contribution in [0.2, 0.25) is 0 Å². The van der Waals surface area contributed by atoms with Crippen molar-refractivity contribution in [3.05, 3.63) is 0 Å². The van der Waals surface area contributed by atoms with E-state index in [1.807, 2.05) is 6.92 Å². The van der Waals surface area contributed by atoms with E-state index >= 15 is 0 Å². The Bertz CT molecular complexity index is 286. The number of hydrogen-bond donors (Lipinski definition) is 2. The number of aliphatic hydroxyl groups is 1. The molecule has 0 saturated heterocycles. The Morgan fingerprint density at radius 1 is 1.32 bits per heavy atom. The summed E-state index contributed by atoms with van der Waals surface area (Å²) in [5.41, 5.74) is 0. The fraction of sp³-hybridized carbons (Fsp3) is 0.923. The fourth-order valence-electron chi connectivity index (χ4n) is 2.51. The van der Waals surface area contributed by atoms with Gasteiger partial charge in [-0.1, -0.05) is 0 Å². The molecule has 0 aliphatic heterocycles. The Hall–Kier alpha value is -0.780. The average molecular weight is 281 g/mol. The second kappa shape index (κ2) is 7.12. The molecule has 0 heterocycles. The molecular formula is C13H22F3NO2. The Balaban J connectivity index is 2.33. The van der Waals surface area contributed by atoms with Gasteiger partial charge in [-0.05, 0) is 45.4 Å². The zero-order valence-electron chi connectivity index (χ0n) is 11.2. The van der Waals surface area contributed by atoms with Gasteiger partial charge in [0.05, 0.1) is 5.92 Å². The minimum Gasteiger partial charge on any atom is -0.396 e. The molecule has 1 unspecified atom stereocenters. The topological polar surface area (TPSA) is 49.3 Å². The van der Waals surface area contributed by atoms with Crippen molar-refractivity contribution >= 4 is 5.91 Å². The molecule has 1 fully saturated rings. The number of amides is 1. The van der Waals surface area contributed by atoms with Crippen LogP contribution in [0, 0.1) is 11.8 Å². The van der Waals surface area contributed by atoms with Gasteiger partial charge in [-0.3, -0.25) is 4.79 Å². The summed E-state index contributed by atoms with van der Waals surface area (Å²) in [6, 6.07) is -0.0417. The highest BCUT2D eigenvalue weighted by molar-refractivity contribution is 5.78. The number of aliphatic hydroxyl groups excluding tert-OH is 1. The Morgan fingerprint density at radius 2 is 1.89 bits per heavy atom. The second-order valence-electron chi connectivity index (χ2n) is 5.37. The van der Waals surface area contributed by atoms with Gasteiger partial charge in [-0.25, -0.2) is 0 Å². The Labute approximate surface area is 111 Å². The molecule has 0 aromatic rings. The number of rotatable bonds is 5. The molecule has 6 heteroatoms. The van der Waals surface area contributed by atoms with E-state index in [9.17, 15) is 18.0 Å². The van der Waals surface area contributed by atoms with E-state index < -0.39 is 12.1 Å². The summed E-state index contributed by atoms with van der Waals surface area (Å²) in [5.74, 6) is -1.69. The predicted molar refractivity (Wildman–Crippen MR) is 65.4 cm³/mol. The van der Waals surface area contributed by atoms with Gasteiger partial charge in [0.25, 0.3) is 0 Å². The van der Waals surface area contributed by atoms with Crippen molar-refractivity contribution in [1.29, 1.82) is 0 Å². The van der Waals surface area contributed by atoms with E-state index in [0.29, 0.717) is 25.7 Å². The van der Waals surface area contributed by atoms with Gasteiger partial charge in [-0.15, -0.1) is 0 Å². The summed E-state index contributed by atoms with van der Waals surface area (Å²) in [6.45, 7) is 1.92. The molecule has 1 aliphatic rings. The zero-order chi connectivity index (χ0) is 14.5. The van der Waals surface area contributed by atoms with Crippen LogP contribution < -0.4 is 5.32 Å². The summed E-state index contributed by atoms with van der Waals surface area (Å²) in [4.78, 5) is 11.9. The average Bonchev–Trinajstić information content (AvgIpc) is 2.35. The van der Waals surface area contributed by atoms with E-state index in [4.69, 9.17) is 5.11 Å². The van der Waals surface area contributed by atoms with Crippen molar-refractivity contribution < 1.29 is 23.1 Å². The third-order valence-electron chi connectivity index (χ3n) is 3.74. The van der Waals surface area contributed by atoms with Gasteiger partial charge in [0.15, 0.2) is 0 Å². The Morgan fingerprint density at radius 3 is 2.37 bits per heavy atom. The number of halogens is 3. The monoisotopic (exact) mass is 281 g/mol. The third kappa shape index (κ3) is 5.38. The lowest BCUT2D eigenvalue weighted by atomic mass is 9.81. The minimum atomic E-state index is -4.13. The summed E-state index contributed by atoms with van der Waals surface area (Å²) in [6.07, 6.45) is -2.12. The molecule has 0 aromatic heterocycles. The highest BCUT2D eigenvalue weighted by Gasteiger charge is 2.42. The molecule has 1 saturated carbocycles. The molecule has 0 radical (unpaired) electrons. The molecule has 1 rings (SSSR count). The maximum Gasteiger partial charge on any atom is 0.391 e. The normalized spacial score (nSPS) is 25.9. The molecule has 1 aliphatic carbocycles. The largest absolute Gasteiger partial charge is 0.396 e. The summed E-state index contributed by atoms with van der Waals surface area (Å²) in [7, 11) is 0. The molecule has 0 bridgehead atoms. The lowest BCUT2D eigenvalue weighted by Crippen LogP contribution is -2.40. The van der Waals surface area contributed by atoms with Crippen LogP contribution in [0.5, 0.6) is 0 Å². The second-order valence-corrected chi connectivity index (χ2v) is 5.37. The van der Waals surface area contributed by atoms with E-state index in [-0.39, 0.29) is 37.3 Å². The third-order valence-corrected chi connectivity index (χ3v) is 3.74. The highest BCUT2D eigenvalue weighted by atomic mass is 19.4. The van der Waals surface area contributed by atoms with Crippen LogP contribution in [-0.4, -0.2) is 29.8 Å². The van der Waals surface area contributed by atoms with Crippen LogP contribution in [0.15, 0.2) is 0 Å². The first-order valence-corrected chi connectivity index (χ1v) is 6.82. The summed E-state index contributed by atoms with van der Waals surface area (Å²) >= 11 is 0. The smallest absolute Gasteiger partial charge is 0.391 e. The van der Waals surface area contributed by atoms with Gasteiger partial charge in [0.1, 0.15) is 0 Å². The maximum atomic E-state index is 12.5. The first kappa shape index (κ1) is 16.3. The minimum absolute atomic E-state index is 0.0417. The molecule has 1 atom stereocenters. The number of alkyl halides is 3. The first-order valence-electron chi connectivity index (χ1n) is 6.82. The van der Waals surface area contributed by atoms with Gasteiger partial charge in [-0.2, -0.15) is 13.2 Å². The van der Waals surface area contributed by atoms with Crippen LogP contribution in [-0.2, 0) is 4.79 Å². The van der Waals surface area contributed by atoms with Gasteiger partial charge < -0.3 is 10.4 Å². The number of hydrogen-bond acceptors (Lipinski definition) is 2. The van der Waals surface area contributed by atoms with Gasteiger partial charge in [0.2, 0.25) is 5.91 Å². The van der Waals surface area contributed by atoms with Crippen molar-refractivity contribution in [2.75, 3.05) is 6.61 Å². The summed E-state index contributed by atoms with van der Waals surface area (Å²) in [5, 5.41) is 11.5. The highest BCUT2D eigenvalue weighted by Crippen LogP contribution is 2.39. The quantitative estimate of drug-likeness (QED) is 0.814. The van der Waals surface area contributed by atoms with E-state index in [1.165, 1.54) is 0 Å². The van der Waals surface area contributed by atoms with Crippen LogP contribution >= 0.6 is 0 Å². The van der Waals surface area contributed by atoms with Crippen molar-refractivity contribution in [1.82, 2.24) is 5.32 Å². The molecule has 112 valence electrons. The molecule has 19 heavy (non-hydrogen) atoms. The number of nitrogens with one attached hydrogen (secondary N) is 1. The Kier molecular flexibility index (Phi) is 6.10. The standard InChI is InChI=1S/C13H22F3NO2/c1-9(3-2-8-18)17-12(19)10-4-6-11(7-5-10)13(14,15)16/h9-11,18H,2-8H2,1H3,(H,17,19). The fourth-order valence-corrected chi connectivity index (χ4v) is 2.51. The van der Waals surface area contributed by atoms with Gasteiger partial charge in [0, 0.05) is 18.6 Å². The van der Waals surface area contributed by atoms with E-state index in [1.54, 1.807) is 0 Å². The lowest BCUT2D eigenvalue weighted by Gasteiger charge is -2.29. The van der Waals surface area contributed by atoms with E-state index in [2.05, 4.69) is 5.32 Å². The van der Waals surface area contributed by atoms with Crippen molar-refractivity contribution in [3.63, 3.8) is 0 Å². The lowest BCUT2D eigenvalue weighted by molar-refractivity contribution is -0.184. The van der Waals surface area contributed by atoms with E-state index in [0.717, 1.165) is 0 Å². The SMILES string of the molecule is CC(CCCO)NC(=O)C1CCC(C(F)(F)F)CC1. The van der Waals surface area contributed by atoms with Crippen LogP contribution in [0.3, 0.4) is 0 Å². The summed E-state index contributed by atoms with van der Waals surface area (Å²) < 4.78 is 37.5. The van der Waals surface area contributed by atoms with Crippen LogP contribution in [0.1, 0.15) is 45.4 Å². The zero-order valence-corrected chi connectivity index (χ0v) is 11.2. The molecule has 1 amide bonds. The molecule has 0 spiro atoms. The predicted octanol–water partition coefficient (Wildman–Crippen LogP) is 2.63. The molecule has 3 nitrogen and oxygen atoms in total. The number of carbonyl (C=O) groups is 1. The number of carbonyl (C=O) groups excluding carboxylic acids is 1. The van der Waals surface area contributed by atoms with Crippen LogP contribution in [0.25, 0.3) is 0 Å².